The van der Waals surface area contributed by atoms with Crippen LogP contribution in [0.5, 0.6) is 0 Å². The second kappa shape index (κ2) is 3.65. The van der Waals surface area contributed by atoms with Crippen LogP contribution in [0, 0.1) is 5.82 Å². The van der Waals surface area contributed by atoms with Crippen molar-refractivity contribution in [3.63, 3.8) is 0 Å². The van der Waals surface area contributed by atoms with Gasteiger partial charge in [-0.2, -0.15) is 0 Å². The van der Waals surface area contributed by atoms with Gasteiger partial charge in [-0.25, -0.2) is 9.18 Å². The fourth-order valence-corrected chi connectivity index (χ4v) is 1.43. The minimum Gasteiger partial charge on any atom is -0.465 e. The normalized spacial score (nSPS) is 10.3. The lowest BCUT2D eigenvalue weighted by Gasteiger charge is -2.03. The first-order valence-corrected chi connectivity index (χ1v) is 4.35. The van der Waals surface area contributed by atoms with Gasteiger partial charge in [-0.3, -0.25) is 4.98 Å². The number of ether oxygens (including phenoxy) is 1. The molecule has 76 valence electrons. The largest absolute Gasteiger partial charge is 0.465 e. The van der Waals surface area contributed by atoms with Crippen molar-refractivity contribution in [1.29, 1.82) is 0 Å². The molecule has 0 N–H and O–H groups in total. The Hall–Kier alpha value is -1.97. The summed E-state index contributed by atoms with van der Waals surface area (Å²) in [5, 5.41) is 0.462. The van der Waals surface area contributed by atoms with Crippen molar-refractivity contribution in [3.8, 4) is 0 Å². The zero-order chi connectivity index (χ0) is 10.8. The van der Waals surface area contributed by atoms with Gasteiger partial charge in [0, 0.05) is 11.6 Å². The first-order chi connectivity index (χ1) is 7.24. The van der Waals surface area contributed by atoms with E-state index in [9.17, 15) is 9.18 Å². The van der Waals surface area contributed by atoms with E-state index in [1.807, 2.05) is 0 Å². The van der Waals surface area contributed by atoms with E-state index in [4.69, 9.17) is 0 Å². The Labute approximate surface area is 85.5 Å². The van der Waals surface area contributed by atoms with Gasteiger partial charge in [0.2, 0.25) is 0 Å². The molecule has 1 aromatic carbocycles. The number of rotatable bonds is 1. The summed E-state index contributed by atoms with van der Waals surface area (Å²) in [6.45, 7) is 0. The molecule has 0 spiro atoms. The number of methoxy groups -OCH3 is 1. The molecule has 0 unspecified atom stereocenters. The highest BCUT2D eigenvalue weighted by atomic mass is 19.1. The van der Waals surface area contributed by atoms with Crippen LogP contribution in [0.2, 0.25) is 0 Å². The van der Waals surface area contributed by atoms with Gasteiger partial charge in [0.25, 0.3) is 0 Å². The van der Waals surface area contributed by atoms with Crippen molar-refractivity contribution in [1.82, 2.24) is 4.98 Å². The number of hydrogen-bond acceptors (Lipinski definition) is 3. The number of carbonyl (C=O) groups is 1. The molecule has 0 saturated heterocycles. The molecule has 0 atom stereocenters. The van der Waals surface area contributed by atoms with E-state index < -0.39 is 11.8 Å². The number of halogens is 1. The van der Waals surface area contributed by atoms with Crippen molar-refractivity contribution >= 4 is 16.9 Å². The molecule has 0 aliphatic heterocycles. The fourth-order valence-electron chi connectivity index (χ4n) is 1.43. The minimum atomic E-state index is -0.493. The number of para-hydroxylation sites is 1. The average Bonchev–Trinajstić information content (AvgIpc) is 2.28. The minimum absolute atomic E-state index is 0.181. The van der Waals surface area contributed by atoms with E-state index in [1.54, 1.807) is 6.07 Å². The van der Waals surface area contributed by atoms with Gasteiger partial charge in [0.05, 0.1) is 12.7 Å². The van der Waals surface area contributed by atoms with Crippen LogP contribution in [0.1, 0.15) is 10.4 Å². The van der Waals surface area contributed by atoms with Crippen molar-refractivity contribution in [2.24, 2.45) is 0 Å². The van der Waals surface area contributed by atoms with E-state index in [0.717, 1.165) is 0 Å². The Morgan fingerprint density at radius 2 is 2.20 bits per heavy atom. The van der Waals surface area contributed by atoms with E-state index in [-0.39, 0.29) is 5.52 Å². The van der Waals surface area contributed by atoms with Crippen LogP contribution >= 0.6 is 0 Å². The number of benzene rings is 1. The number of carbonyl (C=O) groups excluding carboxylic acids is 1. The lowest BCUT2D eigenvalue weighted by molar-refractivity contribution is 0.0603. The van der Waals surface area contributed by atoms with Crippen molar-refractivity contribution in [2.75, 3.05) is 7.11 Å². The van der Waals surface area contributed by atoms with Crippen molar-refractivity contribution in [2.45, 2.75) is 0 Å². The monoisotopic (exact) mass is 205 g/mol. The maximum atomic E-state index is 13.3. The maximum Gasteiger partial charge on any atom is 0.338 e. The quantitative estimate of drug-likeness (QED) is 0.669. The Bertz CT molecular complexity index is 525. The molecule has 0 bridgehead atoms. The van der Waals surface area contributed by atoms with Gasteiger partial charge in [-0.1, -0.05) is 12.1 Å². The maximum absolute atomic E-state index is 13.3. The second-order valence-corrected chi connectivity index (χ2v) is 2.99. The number of esters is 1. The van der Waals surface area contributed by atoms with Gasteiger partial charge in [0.1, 0.15) is 11.3 Å². The van der Waals surface area contributed by atoms with Gasteiger partial charge in [0.15, 0.2) is 0 Å². The lowest BCUT2D eigenvalue weighted by Crippen LogP contribution is -2.02. The summed E-state index contributed by atoms with van der Waals surface area (Å²) in [5.74, 6) is -0.939. The first kappa shape index (κ1) is 9.58. The molecular weight excluding hydrogens is 197 g/mol. The van der Waals surface area contributed by atoms with Gasteiger partial charge in [-0.05, 0) is 12.1 Å². The SMILES string of the molecule is COC(=O)c1ccnc2c(F)cccc12. The summed E-state index contributed by atoms with van der Waals surface area (Å²) >= 11 is 0. The van der Waals surface area contributed by atoms with E-state index >= 15 is 0 Å². The summed E-state index contributed by atoms with van der Waals surface area (Å²) < 4.78 is 17.9. The fraction of sp³-hybridized carbons (Fsp3) is 0.0909. The summed E-state index contributed by atoms with van der Waals surface area (Å²) in [6, 6.07) is 5.98. The highest BCUT2D eigenvalue weighted by molar-refractivity contribution is 6.03. The Kier molecular flexibility index (Phi) is 2.33. The molecule has 4 heteroatoms. The molecule has 3 nitrogen and oxygen atoms in total. The van der Waals surface area contributed by atoms with Crippen molar-refractivity contribution < 1.29 is 13.9 Å². The number of hydrogen-bond donors (Lipinski definition) is 0. The Morgan fingerprint density at radius 1 is 1.40 bits per heavy atom. The first-order valence-electron chi connectivity index (χ1n) is 4.35. The van der Waals surface area contributed by atoms with Crippen LogP contribution in [0.15, 0.2) is 30.5 Å². The molecule has 0 saturated carbocycles. The topological polar surface area (TPSA) is 39.2 Å². The van der Waals surface area contributed by atoms with E-state index in [2.05, 4.69) is 9.72 Å². The molecule has 1 aromatic heterocycles. The molecule has 0 radical (unpaired) electrons. The van der Waals surface area contributed by atoms with Crippen molar-refractivity contribution in [3.05, 3.63) is 41.8 Å². The third-order valence-electron chi connectivity index (χ3n) is 2.13. The predicted octanol–water partition coefficient (Wildman–Crippen LogP) is 2.16. The summed E-state index contributed by atoms with van der Waals surface area (Å²) in [6.07, 6.45) is 1.39. The summed E-state index contributed by atoms with van der Waals surface area (Å²) in [7, 11) is 1.29. The molecular formula is C11H8FNO2. The zero-order valence-corrected chi connectivity index (χ0v) is 8.03. The lowest BCUT2D eigenvalue weighted by atomic mass is 10.1. The highest BCUT2D eigenvalue weighted by Gasteiger charge is 2.12. The van der Waals surface area contributed by atoms with Crippen LogP contribution < -0.4 is 0 Å². The number of aromatic nitrogens is 1. The molecule has 0 aliphatic carbocycles. The third-order valence-corrected chi connectivity index (χ3v) is 2.13. The third kappa shape index (κ3) is 1.54. The molecule has 0 aliphatic rings. The summed E-state index contributed by atoms with van der Waals surface area (Å²) in [5.41, 5.74) is 0.502. The molecule has 2 rings (SSSR count). The van der Waals surface area contributed by atoms with Crippen LogP contribution in [-0.4, -0.2) is 18.1 Å². The molecule has 1 heterocycles. The van der Waals surface area contributed by atoms with Crippen LogP contribution in [-0.2, 0) is 4.74 Å². The molecule has 0 amide bonds. The average molecular weight is 205 g/mol. The molecule has 2 aromatic rings. The predicted molar refractivity (Wildman–Crippen MR) is 53.0 cm³/mol. The second-order valence-electron chi connectivity index (χ2n) is 2.99. The van der Waals surface area contributed by atoms with Gasteiger partial charge >= 0.3 is 5.97 Å². The van der Waals surface area contributed by atoms with Gasteiger partial charge < -0.3 is 4.74 Å². The smallest absolute Gasteiger partial charge is 0.338 e. The standard InChI is InChI=1S/C11H8FNO2/c1-15-11(14)8-5-6-13-10-7(8)3-2-4-9(10)12/h2-6H,1H3. The van der Waals surface area contributed by atoms with Crippen LogP contribution in [0.3, 0.4) is 0 Å². The van der Waals surface area contributed by atoms with Gasteiger partial charge in [-0.15, -0.1) is 0 Å². The molecule has 0 fully saturated rings. The summed E-state index contributed by atoms with van der Waals surface area (Å²) in [4.78, 5) is 15.2. The van der Waals surface area contributed by atoms with Crippen LogP contribution in [0.4, 0.5) is 4.39 Å². The van der Waals surface area contributed by atoms with Crippen LogP contribution in [0.25, 0.3) is 10.9 Å². The highest BCUT2D eigenvalue weighted by Crippen LogP contribution is 2.19. The Morgan fingerprint density at radius 3 is 2.93 bits per heavy atom. The van der Waals surface area contributed by atoms with E-state index in [0.29, 0.717) is 10.9 Å². The number of pyridine rings is 1. The Balaban J connectivity index is 2.77. The zero-order valence-electron chi connectivity index (χ0n) is 8.03. The number of nitrogens with zero attached hydrogens (tertiary/aromatic N) is 1. The number of fused-ring (bicyclic) bond motifs is 1. The van der Waals surface area contributed by atoms with E-state index in [1.165, 1.54) is 31.5 Å². The molecule has 15 heavy (non-hydrogen) atoms.